The lowest BCUT2D eigenvalue weighted by molar-refractivity contribution is 0.159. The normalized spacial score (nSPS) is 14.6. The average molecular weight is 236 g/mol. The quantitative estimate of drug-likeness (QED) is 0.780. The molecule has 1 saturated heterocycles. The highest BCUT2D eigenvalue weighted by Gasteiger charge is 2.21. The molecule has 5 heteroatoms. The fraction of sp³-hybridized carbons (Fsp3) is 0.333. The van der Waals surface area contributed by atoms with Crippen molar-refractivity contribution in [3.05, 3.63) is 30.9 Å². The highest BCUT2D eigenvalue weighted by atomic mass is 16.6. The largest absolute Gasteiger partial charge is 0.493 e. The van der Waals surface area contributed by atoms with Gasteiger partial charge in [-0.25, -0.2) is 4.79 Å². The van der Waals surface area contributed by atoms with E-state index in [1.807, 2.05) is 24.3 Å². The number of carbonyl (C=O) groups is 1. The van der Waals surface area contributed by atoms with E-state index in [1.54, 1.807) is 12.0 Å². The molecule has 5 nitrogen and oxygen atoms in total. The number of hydrogen-bond donors (Lipinski definition) is 0. The van der Waals surface area contributed by atoms with E-state index in [0.29, 0.717) is 31.2 Å². The van der Waals surface area contributed by atoms with Gasteiger partial charge in [0.25, 0.3) is 0 Å². The predicted molar refractivity (Wildman–Crippen MR) is 60.8 cm³/mol. The first kappa shape index (κ1) is 11.6. The van der Waals surface area contributed by atoms with Crippen molar-refractivity contribution < 1.29 is 19.0 Å². The molecule has 0 unspecified atom stereocenters. The van der Waals surface area contributed by atoms with E-state index in [-0.39, 0.29) is 6.09 Å². The van der Waals surface area contributed by atoms with Gasteiger partial charge in [-0.15, -0.1) is 0 Å². The van der Waals surface area contributed by atoms with Crippen molar-refractivity contribution >= 4 is 6.09 Å². The third-order valence-corrected chi connectivity index (χ3v) is 2.43. The lowest BCUT2D eigenvalue weighted by Gasteiger charge is -2.14. The summed E-state index contributed by atoms with van der Waals surface area (Å²) in [4.78, 5) is 12.7. The van der Waals surface area contributed by atoms with Crippen molar-refractivity contribution in [3.63, 3.8) is 0 Å². The molecule has 2 rings (SSSR count). The summed E-state index contributed by atoms with van der Waals surface area (Å²) in [7, 11) is 1.59. The Kier molecular flexibility index (Phi) is 3.69. The predicted octanol–water partition coefficient (Wildman–Crippen LogP) is 1.69. The fourth-order valence-corrected chi connectivity index (χ4v) is 1.53. The van der Waals surface area contributed by atoms with Crippen molar-refractivity contribution in [2.75, 3.05) is 26.8 Å². The van der Waals surface area contributed by atoms with Gasteiger partial charge in [0.15, 0.2) is 18.1 Å². The van der Waals surface area contributed by atoms with Crippen LogP contribution in [0.1, 0.15) is 0 Å². The van der Waals surface area contributed by atoms with E-state index in [0.717, 1.165) is 0 Å². The van der Waals surface area contributed by atoms with Crippen LogP contribution in [0.15, 0.2) is 24.3 Å². The molecule has 17 heavy (non-hydrogen) atoms. The Morgan fingerprint density at radius 1 is 1.35 bits per heavy atom. The summed E-state index contributed by atoms with van der Waals surface area (Å²) in [6.45, 7) is 2.89. The number of para-hydroxylation sites is 2. The molecule has 1 heterocycles. The second-order valence-corrected chi connectivity index (χ2v) is 3.50. The SMILES string of the molecule is COc1ccccc1OCCN1C[CH]OC1=O. The molecule has 1 amide bonds. The molecule has 0 atom stereocenters. The summed E-state index contributed by atoms with van der Waals surface area (Å²) < 4.78 is 15.4. The highest BCUT2D eigenvalue weighted by molar-refractivity contribution is 5.70. The fourth-order valence-electron chi connectivity index (χ4n) is 1.53. The van der Waals surface area contributed by atoms with E-state index in [9.17, 15) is 4.79 Å². The summed E-state index contributed by atoms with van der Waals surface area (Å²) in [5.74, 6) is 1.36. The van der Waals surface area contributed by atoms with Gasteiger partial charge in [0.05, 0.1) is 20.2 Å². The maximum atomic E-state index is 11.1. The molecular formula is C12H14NO4. The van der Waals surface area contributed by atoms with Crippen LogP contribution < -0.4 is 9.47 Å². The highest BCUT2D eigenvalue weighted by Crippen LogP contribution is 2.25. The number of benzene rings is 1. The molecule has 1 aliphatic rings. The van der Waals surface area contributed by atoms with Gasteiger partial charge >= 0.3 is 6.09 Å². The zero-order valence-corrected chi connectivity index (χ0v) is 9.59. The van der Waals surface area contributed by atoms with Crippen molar-refractivity contribution in [3.8, 4) is 11.5 Å². The van der Waals surface area contributed by atoms with Gasteiger partial charge < -0.3 is 19.1 Å². The summed E-state index contributed by atoms with van der Waals surface area (Å²) in [6.07, 6.45) is -0.325. The zero-order valence-electron chi connectivity index (χ0n) is 9.59. The molecule has 0 aliphatic carbocycles. The maximum absolute atomic E-state index is 11.1. The molecule has 0 bridgehead atoms. The second kappa shape index (κ2) is 5.43. The minimum Gasteiger partial charge on any atom is -0.493 e. The topological polar surface area (TPSA) is 48.0 Å². The summed E-state index contributed by atoms with van der Waals surface area (Å²) in [5, 5.41) is 0. The monoisotopic (exact) mass is 236 g/mol. The van der Waals surface area contributed by atoms with Crippen molar-refractivity contribution in [2.24, 2.45) is 0 Å². The maximum Gasteiger partial charge on any atom is 0.410 e. The Morgan fingerprint density at radius 3 is 2.76 bits per heavy atom. The summed E-state index contributed by atoms with van der Waals surface area (Å²) >= 11 is 0. The van der Waals surface area contributed by atoms with Gasteiger partial charge in [0, 0.05) is 0 Å². The molecule has 0 aromatic heterocycles. The Bertz CT molecular complexity index is 394. The van der Waals surface area contributed by atoms with Crippen LogP contribution in [0.25, 0.3) is 0 Å². The number of rotatable bonds is 5. The van der Waals surface area contributed by atoms with Crippen LogP contribution in [0.4, 0.5) is 4.79 Å². The summed E-state index contributed by atoms with van der Waals surface area (Å²) in [5.41, 5.74) is 0. The first-order valence-corrected chi connectivity index (χ1v) is 5.34. The van der Waals surface area contributed by atoms with Gasteiger partial charge in [-0.3, -0.25) is 0 Å². The Balaban J connectivity index is 1.83. The van der Waals surface area contributed by atoms with E-state index in [1.165, 1.54) is 6.61 Å². The molecule has 0 saturated carbocycles. The molecule has 1 aromatic rings. The van der Waals surface area contributed by atoms with Crippen LogP contribution in [0.5, 0.6) is 11.5 Å². The minimum atomic E-state index is -0.325. The van der Waals surface area contributed by atoms with Crippen LogP contribution in [0, 0.1) is 6.61 Å². The Morgan fingerprint density at radius 2 is 2.12 bits per heavy atom. The van der Waals surface area contributed by atoms with Crippen molar-refractivity contribution in [1.82, 2.24) is 4.90 Å². The zero-order chi connectivity index (χ0) is 12.1. The first-order chi connectivity index (χ1) is 8.31. The number of nitrogens with zero attached hydrogens (tertiary/aromatic N) is 1. The van der Waals surface area contributed by atoms with Crippen LogP contribution in [-0.4, -0.2) is 37.8 Å². The molecule has 1 radical (unpaired) electrons. The van der Waals surface area contributed by atoms with E-state index < -0.39 is 0 Å². The van der Waals surface area contributed by atoms with Crippen LogP contribution >= 0.6 is 0 Å². The van der Waals surface area contributed by atoms with E-state index >= 15 is 0 Å². The molecular weight excluding hydrogens is 222 g/mol. The third kappa shape index (κ3) is 2.81. The number of amides is 1. The van der Waals surface area contributed by atoms with E-state index in [4.69, 9.17) is 14.2 Å². The second-order valence-electron chi connectivity index (χ2n) is 3.50. The standard InChI is InChI=1S/C12H14NO4/c1-15-10-4-2-3-5-11(10)16-8-6-13-7-9-17-12(13)14/h2-5,9H,6-8H2,1H3. The summed E-state index contributed by atoms with van der Waals surface area (Å²) in [6, 6.07) is 7.40. The van der Waals surface area contributed by atoms with Crippen molar-refractivity contribution in [1.29, 1.82) is 0 Å². The number of hydrogen-bond acceptors (Lipinski definition) is 4. The van der Waals surface area contributed by atoms with Gasteiger partial charge in [-0.1, -0.05) is 12.1 Å². The molecule has 1 aliphatic heterocycles. The van der Waals surface area contributed by atoms with Crippen LogP contribution in [0.2, 0.25) is 0 Å². The molecule has 0 spiro atoms. The molecule has 91 valence electrons. The minimum absolute atomic E-state index is 0.325. The molecule has 1 fully saturated rings. The number of methoxy groups -OCH3 is 1. The van der Waals surface area contributed by atoms with Gasteiger partial charge in [0.1, 0.15) is 6.61 Å². The Labute approximate surface area is 99.9 Å². The van der Waals surface area contributed by atoms with E-state index in [2.05, 4.69) is 0 Å². The van der Waals surface area contributed by atoms with Crippen LogP contribution in [-0.2, 0) is 4.74 Å². The lowest BCUT2D eigenvalue weighted by atomic mass is 10.3. The van der Waals surface area contributed by atoms with Crippen LogP contribution in [0.3, 0.4) is 0 Å². The van der Waals surface area contributed by atoms with Gasteiger partial charge in [0.2, 0.25) is 0 Å². The number of carbonyl (C=O) groups excluding carboxylic acids is 1. The average Bonchev–Trinajstić information content (AvgIpc) is 2.76. The third-order valence-electron chi connectivity index (χ3n) is 2.43. The van der Waals surface area contributed by atoms with Gasteiger partial charge in [-0.05, 0) is 12.1 Å². The number of cyclic esters (lactones) is 1. The number of ether oxygens (including phenoxy) is 3. The Hall–Kier alpha value is -1.91. The molecule has 1 aromatic carbocycles. The van der Waals surface area contributed by atoms with Gasteiger partial charge in [-0.2, -0.15) is 0 Å². The lowest BCUT2D eigenvalue weighted by Crippen LogP contribution is -2.28. The molecule has 0 N–H and O–H groups in total. The smallest absolute Gasteiger partial charge is 0.410 e. The van der Waals surface area contributed by atoms with Crippen molar-refractivity contribution in [2.45, 2.75) is 0 Å². The first-order valence-electron chi connectivity index (χ1n) is 5.34.